The lowest BCUT2D eigenvalue weighted by Gasteiger charge is -2.32. The summed E-state index contributed by atoms with van der Waals surface area (Å²) in [5.41, 5.74) is 2.78. The van der Waals surface area contributed by atoms with Crippen LogP contribution in [0.5, 0.6) is 0 Å². The van der Waals surface area contributed by atoms with Crippen LogP contribution >= 0.6 is 11.6 Å². The zero-order valence-corrected chi connectivity index (χ0v) is 23.9. The summed E-state index contributed by atoms with van der Waals surface area (Å²) in [6, 6.07) is 19.5. The molecule has 0 radical (unpaired) electrons. The van der Waals surface area contributed by atoms with Crippen molar-refractivity contribution >= 4 is 39.1 Å². The zero-order chi connectivity index (χ0) is 28.0. The molecule has 0 bridgehead atoms. The summed E-state index contributed by atoms with van der Waals surface area (Å²) in [6.07, 6.45) is 0. The number of hydrogen-bond acceptors (Lipinski definition) is 4. The Morgan fingerprint density at radius 1 is 0.921 bits per heavy atom. The molecule has 0 aliphatic heterocycles. The van der Waals surface area contributed by atoms with Gasteiger partial charge in [-0.25, -0.2) is 8.42 Å². The molecule has 0 unspecified atom stereocenters. The molecule has 0 saturated heterocycles. The van der Waals surface area contributed by atoms with Gasteiger partial charge < -0.3 is 10.2 Å². The second-order valence-corrected chi connectivity index (χ2v) is 11.9. The van der Waals surface area contributed by atoms with E-state index in [0.717, 1.165) is 15.4 Å². The molecule has 38 heavy (non-hydrogen) atoms. The third-order valence-corrected chi connectivity index (χ3v) is 8.08. The minimum Gasteiger partial charge on any atom is -0.352 e. The summed E-state index contributed by atoms with van der Waals surface area (Å²) in [5.74, 6) is -0.826. The van der Waals surface area contributed by atoms with Crippen molar-refractivity contribution in [1.82, 2.24) is 10.2 Å². The minimum atomic E-state index is -4.12. The van der Waals surface area contributed by atoms with Crippen molar-refractivity contribution in [3.05, 3.63) is 94.5 Å². The summed E-state index contributed by atoms with van der Waals surface area (Å²) in [4.78, 5) is 28.4. The van der Waals surface area contributed by atoms with E-state index in [2.05, 4.69) is 5.32 Å². The third-order valence-electron chi connectivity index (χ3n) is 6.07. The Balaban J connectivity index is 2.06. The zero-order valence-electron chi connectivity index (χ0n) is 22.3. The normalized spacial score (nSPS) is 12.2. The molecule has 3 aromatic rings. The number of amides is 2. The SMILES string of the molecule is Cc1cccc(CN(C(=O)CN(c2ccc(Cl)cc2C)S(=O)(=O)c2ccccc2)[C@H](C)C(=O)NC(C)C)c1. The molecule has 0 fully saturated rings. The highest BCUT2D eigenvalue weighted by molar-refractivity contribution is 7.92. The molecule has 7 nitrogen and oxygen atoms in total. The maximum Gasteiger partial charge on any atom is 0.264 e. The largest absolute Gasteiger partial charge is 0.352 e. The van der Waals surface area contributed by atoms with Gasteiger partial charge in [0.05, 0.1) is 10.6 Å². The molecule has 9 heteroatoms. The predicted octanol–water partition coefficient (Wildman–Crippen LogP) is 5.09. The van der Waals surface area contributed by atoms with E-state index in [9.17, 15) is 18.0 Å². The van der Waals surface area contributed by atoms with E-state index in [4.69, 9.17) is 11.6 Å². The van der Waals surface area contributed by atoms with E-state index >= 15 is 0 Å². The van der Waals surface area contributed by atoms with Crippen molar-refractivity contribution in [2.75, 3.05) is 10.8 Å². The number of nitrogens with one attached hydrogen (secondary N) is 1. The lowest BCUT2D eigenvalue weighted by Crippen LogP contribution is -2.52. The van der Waals surface area contributed by atoms with Gasteiger partial charge in [-0.2, -0.15) is 0 Å². The van der Waals surface area contributed by atoms with Crippen molar-refractivity contribution < 1.29 is 18.0 Å². The van der Waals surface area contributed by atoms with Crippen LogP contribution < -0.4 is 9.62 Å². The molecule has 2 amide bonds. The van der Waals surface area contributed by atoms with Gasteiger partial charge in [-0.05, 0) is 76.1 Å². The van der Waals surface area contributed by atoms with E-state index in [0.29, 0.717) is 16.3 Å². The van der Waals surface area contributed by atoms with E-state index < -0.39 is 28.5 Å². The molecular weight excluding hydrogens is 522 g/mol. The smallest absolute Gasteiger partial charge is 0.264 e. The van der Waals surface area contributed by atoms with Crippen LogP contribution in [-0.4, -0.2) is 43.8 Å². The first-order valence-corrected chi connectivity index (χ1v) is 14.2. The van der Waals surface area contributed by atoms with Gasteiger partial charge in [-0.3, -0.25) is 13.9 Å². The molecule has 3 rings (SSSR count). The molecule has 0 heterocycles. The molecule has 202 valence electrons. The third kappa shape index (κ3) is 7.14. The molecule has 0 aliphatic rings. The number of aryl methyl sites for hydroxylation is 2. The van der Waals surface area contributed by atoms with Crippen LogP contribution in [0.4, 0.5) is 5.69 Å². The van der Waals surface area contributed by atoms with Crippen molar-refractivity contribution in [2.24, 2.45) is 0 Å². The number of halogens is 1. The van der Waals surface area contributed by atoms with Crippen molar-refractivity contribution in [2.45, 2.75) is 58.1 Å². The number of nitrogens with zero attached hydrogens (tertiary/aromatic N) is 2. The highest BCUT2D eigenvalue weighted by Crippen LogP contribution is 2.29. The van der Waals surface area contributed by atoms with E-state index in [1.807, 2.05) is 45.0 Å². The Labute approximate surface area is 230 Å². The molecule has 0 aromatic heterocycles. The Morgan fingerprint density at radius 2 is 1.61 bits per heavy atom. The topological polar surface area (TPSA) is 86.8 Å². The molecule has 0 saturated carbocycles. The predicted molar refractivity (Wildman–Crippen MR) is 152 cm³/mol. The Bertz CT molecular complexity index is 1390. The fourth-order valence-corrected chi connectivity index (χ4v) is 5.85. The number of hydrogen-bond donors (Lipinski definition) is 1. The van der Waals surface area contributed by atoms with Crippen LogP contribution in [-0.2, 0) is 26.2 Å². The Morgan fingerprint density at radius 3 is 2.21 bits per heavy atom. The first kappa shape index (κ1) is 29.2. The Hall–Kier alpha value is -3.36. The Kier molecular flexibility index (Phi) is 9.57. The van der Waals surface area contributed by atoms with Gasteiger partial charge in [-0.15, -0.1) is 0 Å². The number of rotatable bonds is 10. The van der Waals surface area contributed by atoms with Crippen molar-refractivity contribution in [3.63, 3.8) is 0 Å². The second kappa shape index (κ2) is 12.5. The summed E-state index contributed by atoms with van der Waals surface area (Å²) in [6.45, 7) is 8.67. The summed E-state index contributed by atoms with van der Waals surface area (Å²) >= 11 is 6.14. The first-order valence-electron chi connectivity index (χ1n) is 12.4. The molecule has 1 atom stereocenters. The fourth-order valence-electron chi connectivity index (χ4n) is 4.13. The number of carbonyl (C=O) groups is 2. The number of benzene rings is 3. The molecular formula is C29H34ClN3O4S. The van der Waals surface area contributed by atoms with Crippen LogP contribution in [0, 0.1) is 13.8 Å². The highest BCUT2D eigenvalue weighted by atomic mass is 35.5. The average Bonchev–Trinajstić information content (AvgIpc) is 2.86. The highest BCUT2D eigenvalue weighted by Gasteiger charge is 2.33. The van der Waals surface area contributed by atoms with Gasteiger partial charge in [0.25, 0.3) is 10.0 Å². The molecule has 1 N–H and O–H groups in total. The van der Waals surface area contributed by atoms with Crippen molar-refractivity contribution in [1.29, 1.82) is 0 Å². The van der Waals surface area contributed by atoms with Crippen LogP contribution in [0.2, 0.25) is 5.02 Å². The molecule has 0 spiro atoms. The second-order valence-electron chi connectivity index (χ2n) is 9.61. The first-order chi connectivity index (χ1) is 17.9. The monoisotopic (exact) mass is 555 g/mol. The van der Waals surface area contributed by atoms with E-state index in [1.54, 1.807) is 50.2 Å². The summed E-state index contributed by atoms with van der Waals surface area (Å²) in [5, 5.41) is 3.31. The summed E-state index contributed by atoms with van der Waals surface area (Å²) in [7, 11) is -4.12. The van der Waals surface area contributed by atoms with Crippen LogP contribution in [0.15, 0.2) is 77.7 Å². The van der Waals surface area contributed by atoms with E-state index in [1.165, 1.54) is 17.0 Å². The molecule has 0 aliphatic carbocycles. The van der Waals surface area contributed by atoms with Crippen LogP contribution in [0.3, 0.4) is 0 Å². The lowest BCUT2D eigenvalue weighted by atomic mass is 10.1. The van der Waals surface area contributed by atoms with Gasteiger partial charge in [0.15, 0.2) is 0 Å². The quantitative estimate of drug-likeness (QED) is 0.377. The average molecular weight is 556 g/mol. The molecule has 3 aromatic carbocycles. The van der Waals surface area contributed by atoms with Gasteiger partial charge in [0.2, 0.25) is 11.8 Å². The van der Waals surface area contributed by atoms with Crippen LogP contribution in [0.1, 0.15) is 37.5 Å². The van der Waals surface area contributed by atoms with Gasteiger partial charge in [-0.1, -0.05) is 59.6 Å². The standard InChI is InChI=1S/C29H34ClN3O4S/c1-20(2)31-29(35)23(5)32(18-24-11-9-10-21(3)16-24)28(34)19-33(27-15-14-25(30)17-22(27)4)38(36,37)26-12-7-6-8-13-26/h6-17,20,23H,18-19H2,1-5H3,(H,31,35)/t23-/m1/s1. The number of carbonyl (C=O) groups excluding carboxylic acids is 2. The maximum absolute atomic E-state index is 13.9. The van der Waals surface area contributed by atoms with E-state index in [-0.39, 0.29) is 23.4 Å². The minimum absolute atomic E-state index is 0.0537. The fraction of sp³-hybridized carbons (Fsp3) is 0.310. The lowest BCUT2D eigenvalue weighted by molar-refractivity contribution is -0.139. The summed E-state index contributed by atoms with van der Waals surface area (Å²) < 4.78 is 28.7. The maximum atomic E-state index is 13.9. The van der Waals surface area contributed by atoms with Crippen LogP contribution in [0.25, 0.3) is 0 Å². The van der Waals surface area contributed by atoms with Gasteiger partial charge >= 0.3 is 0 Å². The van der Waals surface area contributed by atoms with Gasteiger partial charge in [0, 0.05) is 17.6 Å². The van der Waals surface area contributed by atoms with Crippen molar-refractivity contribution in [3.8, 4) is 0 Å². The van der Waals surface area contributed by atoms with Gasteiger partial charge in [0.1, 0.15) is 12.6 Å². The number of sulfonamides is 1. The number of anilines is 1.